The number of hydrogen-bond acceptors (Lipinski definition) is 3. The van der Waals surface area contributed by atoms with Crippen molar-refractivity contribution >= 4 is 6.29 Å². The Morgan fingerprint density at radius 1 is 1.17 bits per heavy atom. The minimum Gasteiger partial charge on any atom is -1.00 e. The maximum atomic E-state index is 11.2. The van der Waals surface area contributed by atoms with E-state index >= 15 is 0 Å². The topological polar surface area (TPSA) is 46.5 Å². The van der Waals surface area contributed by atoms with Crippen LogP contribution in [0.5, 0.6) is 0 Å². The molecule has 5 heteroatoms. The van der Waals surface area contributed by atoms with Crippen LogP contribution in [-0.4, -0.2) is 49.0 Å². The van der Waals surface area contributed by atoms with Gasteiger partial charge in [0.2, 0.25) is 6.29 Å². The highest BCUT2D eigenvalue weighted by atomic mass is 79.9. The molecule has 0 aliphatic carbocycles. The zero-order valence-corrected chi connectivity index (χ0v) is 17.8. The smallest absolute Gasteiger partial charge is 0.252 e. The van der Waals surface area contributed by atoms with E-state index in [-0.39, 0.29) is 21.5 Å². The SMILES string of the molecule is CCC(O)[N+](C)(C)C(C=O)OCCC/C=C(\C)CCC=C(C)C.[Br-]. The number of rotatable bonds is 12. The summed E-state index contributed by atoms with van der Waals surface area (Å²) in [5.74, 6) is 0. The van der Waals surface area contributed by atoms with Crippen molar-refractivity contribution in [1.82, 2.24) is 0 Å². The maximum absolute atomic E-state index is 11.2. The van der Waals surface area contributed by atoms with E-state index in [2.05, 4.69) is 32.9 Å². The number of unbranched alkanes of at least 4 members (excludes halogenated alkanes) is 1. The summed E-state index contributed by atoms with van der Waals surface area (Å²) in [6.45, 7) is 8.82. The number of carbonyl (C=O) groups excluding carboxylic acids is 1. The monoisotopic (exact) mass is 405 g/mol. The molecule has 0 radical (unpaired) electrons. The van der Waals surface area contributed by atoms with Gasteiger partial charge in [-0.25, -0.2) is 0 Å². The third-order valence-corrected chi connectivity index (χ3v) is 4.13. The first-order valence-corrected chi connectivity index (χ1v) is 8.63. The van der Waals surface area contributed by atoms with E-state index < -0.39 is 12.5 Å². The van der Waals surface area contributed by atoms with Crippen molar-refractivity contribution < 1.29 is 36.1 Å². The molecule has 0 bridgehead atoms. The summed E-state index contributed by atoms with van der Waals surface area (Å²) in [7, 11) is 3.64. The van der Waals surface area contributed by atoms with Crippen molar-refractivity contribution in [2.45, 2.75) is 72.3 Å². The second-order valence-corrected chi connectivity index (χ2v) is 6.93. The largest absolute Gasteiger partial charge is 1.00 e. The molecule has 0 heterocycles. The number of allylic oxidation sites excluding steroid dienone is 4. The number of nitrogens with zero attached hydrogens (tertiary/aromatic N) is 1. The number of aliphatic hydroxyl groups is 1. The van der Waals surface area contributed by atoms with Gasteiger partial charge in [-0.2, -0.15) is 0 Å². The van der Waals surface area contributed by atoms with Gasteiger partial charge in [-0.05, 0) is 46.5 Å². The summed E-state index contributed by atoms with van der Waals surface area (Å²) >= 11 is 0. The van der Waals surface area contributed by atoms with Crippen molar-refractivity contribution in [3.63, 3.8) is 0 Å². The predicted molar refractivity (Wildman–Crippen MR) is 95.9 cm³/mol. The van der Waals surface area contributed by atoms with Crippen LogP contribution in [0.1, 0.15) is 59.8 Å². The third-order valence-electron chi connectivity index (χ3n) is 4.13. The van der Waals surface area contributed by atoms with Crippen LogP contribution in [-0.2, 0) is 9.53 Å². The zero-order chi connectivity index (χ0) is 17.9. The summed E-state index contributed by atoms with van der Waals surface area (Å²) < 4.78 is 5.83. The van der Waals surface area contributed by atoms with E-state index in [1.54, 1.807) is 0 Å². The second-order valence-electron chi connectivity index (χ2n) is 6.93. The van der Waals surface area contributed by atoms with E-state index in [4.69, 9.17) is 4.74 Å². The van der Waals surface area contributed by atoms with Crippen molar-refractivity contribution in [2.75, 3.05) is 20.7 Å². The Kier molecular flexibility index (Phi) is 14.8. The normalized spacial score (nSPS) is 14.5. The molecular weight excluding hydrogens is 370 g/mol. The van der Waals surface area contributed by atoms with Crippen molar-refractivity contribution in [3.8, 4) is 0 Å². The number of halogens is 1. The molecule has 0 spiro atoms. The lowest BCUT2D eigenvalue weighted by Gasteiger charge is -2.37. The number of likely N-dealkylation sites (N-methyl/N-ethyl adjacent to an activating group) is 1. The minimum atomic E-state index is -0.618. The molecule has 2 unspecified atom stereocenters. The number of aliphatic hydroxyl groups excluding tert-OH is 1. The fourth-order valence-electron chi connectivity index (χ4n) is 2.35. The highest BCUT2D eigenvalue weighted by molar-refractivity contribution is 5.53. The highest BCUT2D eigenvalue weighted by Gasteiger charge is 2.34. The number of aldehydes is 1. The summed E-state index contributed by atoms with van der Waals surface area (Å²) in [6, 6.07) is 0. The maximum Gasteiger partial charge on any atom is 0.252 e. The fourth-order valence-corrected chi connectivity index (χ4v) is 2.35. The predicted octanol–water partition coefficient (Wildman–Crippen LogP) is 0.810. The van der Waals surface area contributed by atoms with Gasteiger partial charge in [-0.15, -0.1) is 0 Å². The molecule has 142 valence electrons. The molecule has 0 aromatic heterocycles. The van der Waals surface area contributed by atoms with Crippen LogP contribution in [0.2, 0.25) is 0 Å². The molecule has 1 N–H and O–H groups in total. The van der Waals surface area contributed by atoms with Crippen molar-refractivity contribution in [1.29, 1.82) is 0 Å². The number of hydrogen-bond donors (Lipinski definition) is 1. The van der Waals surface area contributed by atoms with Crippen LogP contribution in [0.25, 0.3) is 0 Å². The average molecular weight is 406 g/mol. The molecule has 4 nitrogen and oxygen atoms in total. The van der Waals surface area contributed by atoms with Crippen LogP contribution < -0.4 is 17.0 Å². The second kappa shape index (κ2) is 13.8. The minimum absolute atomic E-state index is 0. The quantitative estimate of drug-likeness (QED) is 0.172. The molecule has 0 fully saturated rings. The highest BCUT2D eigenvalue weighted by Crippen LogP contribution is 2.15. The lowest BCUT2D eigenvalue weighted by molar-refractivity contribution is -0.968. The standard InChI is InChI=1S/C19H36NO3.BrH/c1-7-18(22)20(5,6)19(15-21)23-14-9-8-12-17(4)13-10-11-16(2)3;/h11-12,15,18-19,22H,7-10,13-14H2,1-6H3;1H/q+1;/p-1/b17-12+;. The molecule has 2 atom stereocenters. The Morgan fingerprint density at radius 3 is 2.29 bits per heavy atom. The summed E-state index contributed by atoms with van der Waals surface area (Å²) in [5, 5.41) is 10.0. The molecule has 0 aliphatic heterocycles. The molecule has 0 saturated carbocycles. The van der Waals surface area contributed by atoms with Crippen LogP contribution in [0.3, 0.4) is 0 Å². The molecule has 24 heavy (non-hydrogen) atoms. The summed E-state index contributed by atoms with van der Waals surface area (Å²) in [6.07, 6.45) is 8.70. The molecule has 0 rings (SSSR count). The Labute approximate surface area is 158 Å². The first-order valence-electron chi connectivity index (χ1n) is 8.63. The van der Waals surface area contributed by atoms with Gasteiger partial charge < -0.3 is 26.8 Å². The lowest BCUT2D eigenvalue weighted by atomic mass is 10.1. The van der Waals surface area contributed by atoms with Crippen LogP contribution in [0.15, 0.2) is 23.3 Å². The summed E-state index contributed by atoms with van der Waals surface area (Å²) in [4.78, 5) is 11.2. The fraction of sp³-hybridized carbons (Fsp3) is 0.737. The molecule has 0 amide bonds. The number of quaternary nitrogens is 1. The van der Waals surface area contributed by atoms with E-state index in [1.165, 1.54) is 11.1 Å². The van der Waals surface area contributed by atoms with Gasteiger partial charge in [0.1, 0.15) is 0 Å². The van der Waals surface area contributed by atoms with Gasteiger partial charge in [0, 0.05) is 6.42 Å². The van der Waals surface area contributed by atoms with Crippen molar-refractivity contribution in [2.24, 2.45) is 0 Å². The Balaban J connectivity index is 0. The molecule has 0 saturated heterocycles. The average Bonchev–Trinajstić information content (AvgIpc) is 2.49. The Morgan fingerprint density at radius 2 is 1.79 bits per heavy atom. The Hall–Kier alpha value is -0.490. The lowest BCUT2D eigenvalue weighted by Crippen LogP contribution is -3.00. The van der Waals surface area contributed by atoms with E-state index in [1.807, 2.05) is 21.0 Å². The van der Waals surface area contributed by atoms with Gasteiger partial charge in [-0.3, -0.25) is 9.28 Å². The van der Waals surface area contributed by atoms with Gasteiger partial charge in [0.25, 0.3) is 6.23 Å². The third kappa shape index (κ3) is 10.4. The zero-order valence-electron chi connectivity index (χ0n) is 16.2. The van der Waals surface area contributed by atoms with Gasteiger partial charge >= 0.3 is 0 Å². The van der Waals surface area contributed by atoms with Crippen LogP contribution in [0, 0.1) is 0 Å². The molecular formula is C19H36BrNO3. The first-order chi connectivity index (χ1) is 10.8. The Bertz CT molecular complexity index is 401. The van der Waals surface area contributed by atoms with Crippen LogP contribution >= 0.6 is 0 Å². The van der Waals surface area contributed by atoms with E-state index in [0.717, 1.165) is 32.0 Å². The van der Waals surface area contributed by atoms with E-state index in [0.29, 0.717) is 13.0 Å². The van der Waals surface area contributed by atoms with Gasteiger partial charge in [-0.1, -0.05) is 30.2 Å². The van der Waals surface area contributed by atoms with Crippen molar-refractivity contribution in [3.05, 3.63) is 23.3 Å². The molecule has 0 aliphatic rings. The number of ether oxygens (including phenoxy) is 1. The number of carbonyl (C=O) groups is 1. The van der Waals surface area contributed by atoms with Crippen LogP contribution in [0.4, 0.5) is 0 Å². The summed E-state index contributed by atoms with van der Waals surface area (Å²) in [5.41, 5.74) is 2.76. The van der Waals surface area contributed by atoms with Gasteiger partial charge in [0.15, 0.2) is 6.23 Å². The van der Waals surface area contributed by atoms with E-state index in [9.17, 15) is 9.90 Å². The first kappa shape index (κ1) is 25.7. The molecule has 0 aromatic rings. The van der Waals surface area contributed by atoms with Gasteiger partial charge in [0.05, 0.1) is 20.7 Å². The molecule has 0 aromatic carbocycles.